The standard InChI is InChI=1S/C10H14BrN.ClH/c1-2-9(12)7-8-5-3-4-6-10(8)11;/h3-6,9H,2,7,12H2,1H3;1H. The largest absolute Gasteiger partial charge is 0.327 e. The molecular weight excluding hydrogens is 249 g/mol. The highest BCUT2D eigenvalue weighted by molar-refractivity contribution is 9.10. The van der Waals surface area contributed by atoms with E-state index in [1.54, 1.807) is 0 Å². The summed E-state index contributed by atoms with van der Waals surface area (Å²) in [6, 6.07) is 8.51. The van der Waals surface area contributed by atoms with Crippen LogP contribution < -0.4 is 5.73 Å². The van der Waals surface area contributed by atoms with E-state index in [2.05, 4.69) is 35.0 Å². The first-order valence-electron chi connectivity index (χ1n) is 4.23. The van der Waals surface area contributed by atoms with Crippen LogP contribution in [0.4, 0.5) is 0 Å². The Balaban J connectivity index is 0.00000144. The zero-order valence-corrected chi connectivity index (χ0v) is 10.1. The van der Waals surface area contributed by atoms with Crippen molar-refractivity contribution in [1.29, 1.82) is 0 Å². The van der Waals surface area contributed by atoms with Gasteiger partial charge in [-0.05, 0) is 24.5 Å². The van der Waals surface area contributed by atoms with Crippen molar-refractivity contribution in [3.8, 4) is 0 Å². The van der Waals surface area contributed by atoms with Gasteiger partial charge in [-0.2, -0.15) is 0 Å². The van der Waals surface area contributed by atoms with Crippen LogP contribution in [0.2, 0.25) is 0 Å². The molecule has 0 amide bonds. The van der Waals surface area contributed by atoms with Crippen LogP contribution in [0.25, 0.3) is 0 Å². The fourth-order valence-corrected chi connectivity index (χ4v) is 1.54. The van der Waals surface area contributed by atoms with Crippen molar-refractivity contribution in [2.45, 2.75) is 25.8 Å². The lowest BCUT2D eigenvalue weighted by Crippen LogP contribution is -2.21. The van der Waals surface area contributed by atoms with E-state index in [1.165, 1.54) is 5.56 Å². The molecule has 1 nitrogen and oxygen atoms in total. The van der Waals surface area contributed by atoms with Crippen LogP contribution in [0.3, 0.4) is 0 Å². The number of hydrogen-bond donors (Lipinski definition) is 1. The zero-order chi connectivity index (χ0) is 8.97. The van der Waals surface area contributed by atoms with Crippen molar-refractivity contribution in [2.24, 2.45) is 5.73 Å². The van der Waals surface area contributed by atoms with Crippen LogP contribution in [0.15, 0.2) is 28.7 Å². The van der Waals surface area contributed by atoms with E-state index < -0.39 is 0 Å². The van der Waals surface area contributed by atoms with Crippen LogP contribution >= 0.6 is 28.3 Å². The third-order valence-corrected chi connectivity index (χ3v) is 2.74. The van der Waals surface area contributed by atoms with Crippen molar-refractivity contribution in [2.75, 3.05) is 0 Å². The summed E-state index contributed by atoms with van der Waals surface area (Å²) in [6.07, 6.45) is 1.99. The molecule has 0 saturated carbocycles. The average Bonchev–Trinajstić information content (AvgIpc) is 2.09. The van der Waals surface area contributed by atoms with Gasteiger partial charge in [-0.1, -0.05) is 41.1 Å². The van der Waals surface area contributed by atoms with E-state index in [0.717, 1.165) is 17.3 Å². The Kier molecular flexibility index (Phi) is 6.39. The minimum Gasteiger partial charge on any atom is -0.327 e. The molecule has 2 N–H and O–H groups in total. The highest BCUT2D eigenvalue weighted by atomic mass is 79.9. The van der Waals surface area contributed by atoms with E-state index in [0.29, 0.717) is 0 Å². The van der Waals surface area contributed by atoms with Crippen molar-refractivity contribution in [3.05, 3.63) is 34.3 Å². The maximum absolute atomic E-state index is 5.85. The Labute approximate surface area is 94.3 Å². The quantitative estimate of drug-likeness (QED) is 0.892. The number of halogens is 2. The summed E-state index contributed by atoms with van der Waals surface area (Å²) in [6.45, 7) is 2.11. The molecule has 0 aromatic heterocycles. The predicted octanol–water partition coefficient (Wildman–Crippen LogP) is 3.15. The summed E-state index contributed by atoms with van der Waals surface area (Å²) in [5, 5.41) is 0. The number of benzene rings is 1. The van der Waals surface area contributed by atoms with Crippen LogP contribution in [0.1, 0.15) is 18.9 Å². The summed E-state index contributed by atoms with van der Waals surface area (Å²) >= 11 is 3.50. The van der Waals surface area contributed by atoms with E-state index >= 15 is 0 Å². The molecular formula is C10H15BrClN. The summed E-state index contributed by atoms with van der Waals surface area (Å²) in [5.41, 5.74) is 7.15. The average molecular weight is 265 g/mol. The fraction of sp³-hybridized carbons (Fsp3) is 0.400. The maximum Gasteiger partial charge on any atom is 0.0207 e. The van der Waals surface area contributed by atoms with Gasteiger partial charge in [0.15, 0.2) is 0 Å². The first-order valence-corrected chi connectivity index (χ1v) is 5.02. The van der Waals surface area contributed by atoms with E-state index in [9.17, 15) is 0 Å². The maximum atomic E-state index is 5.85. The van der Waals surface area contributed by atoms with Gasteiger partial charge >= 0.3 is 0 Å². The van der Waals surface area contributed by atoms with Gasteiger partial charge in [-0.25, -0.2) is 0 Å². The molecule has 1 rings (SSSR count). The fourth-order valence-electron chi connectivity index (χ4n) is 1.09. The highest BCUT2D eigenvalue weighted by Gasteiger charge is 2.03. The predicted molar refractivity (Wildman–Crippen MR) is 63.4 cm³/mol. The van der Waals surface area contributed by atoms with E-state index in [-0.39, 0.29) is 18.4 Å². The van der Waals surface area contributed by atoms with Crippen LogP contribution in [0.5, 0.6) is 0 Å². The molecule has 0 spiro atoms. The Morgan fingerprint density at radius 1 is 1.38 bits per heavy atom. The molecule has 3 heteroatoms. The van der Waals surface area contributed by atoms with E-state index in [1.807, 2.05) is 12.1 Å². The minimum atomic E-state index is 0. The molecule has 0 bridgehead atoms. The number of hydrogen-bond acceptors (Lipinski definition) is 1. The third-order valence-electron chi connectivity index (χ3n) is 1.96. The van der Waals surface area contributed by atoms with Crippen molar-refractivity contribution in [1.82, 2.24) is 0 Å². The van der Waals surface area contributed by atoms with Crippen LogP contribution in [0, 0.1) is 0 Å². The lowest BCUT2D eigenvalue weighted by atomic mass is 10.1. The van der Waals surface area contributed by atoms with Gasteiger partial charge in [0.25, 0.3) is 0 Å². The molecule has 0 aliphatic heterocycles. The SMILES string of the molecule is CCC(N)Cc1ccccc1Br.Cl. The summed E-state index contributed by atoms with van der Waals surface area (Å²) in [4.78, 5) is 0. The smallest absolute Gasteiger partial charge is 0.0207 e. The zero-order valence-electron chi connectivity index (χ0n) is 7.66. The number of nitrogens with two attached hydrogens (primary N) is 1. The first kappa shape index (κ1) is 12.9. The molecule has 0 saturated heterocycles. The molecule has 0 fully saturated rings. The van der Waals surface area contributed by atoms with Crippen LogP contribution in [-0.2, 0) is 6.42 Å². The van der Waals surface area contributed by atoms with Gasteiger partial charge in [-0.3, -0.25) is 0 Å². The Morgan fingerprint density at radius 3 is 2.54 bits per heavy atom. The second-order valence-corrected chi connectivity index (χ2v) is 3.82. The first-order chi connectivity index (χ1) is 5.74. The number of rotatable bonds is 3. The second kappa shape index (κ2) is 6.41. The molecule has 1 aromatic rings. The van der Waals surface area contributed by atoms with Gasteiger partial charge in [-0.15, -0.1) is 12.4 Å². The Hall–Kier alpha value is -0.0500. The molecule has 0 aliphatic carbocycles. The topological polar surface area (TPSA) is 26.0 Å². The van der Waals surface area contributed by atoms with Crippen molar-refractivity contribution < 1.29 is 0 Å². The van der Waals surface area contributed by atoms with Crippen LogP contribution in [-0.4, -0.2) is 6.04 Å². The van der Waals surface area contributed by atoms with E-state index in [4.69, 9.17) is 5.73 Å². The molecule has 0 heterocycles. The molecule has 1 aromatic carbocycles. The van der Waals surface area contributed by atoms with Gasteiger partial charge in [0.05, 0.1) is 0 Å². The van der Waals surface area contributed by atoms with Gasteiger partial charge in [0.1, 0.15) is 0 Å². The molecule has 1 atom stereocenters. The van der Waals surface area contributed by atoms with Gasteiger partial charge in [0.2, 0.25) is 0 Å². The highest BCUT2D eigenvalue weighted by Crippen LogP contribution is 2.17. The summed E-state index contributed by atoms with van der Waals surface area (Å²) in [7, 11) is 0. The van der Waals surface area contributed by atoms with Gasteiger partial charge in [0, 0.05) is 10.5 Å². The monoisotopic (exact) mass is 263 g/mol. The Morgan fingerprint density at radius 2 is 2.00 bits per heavy atom. The normalized spacial score (nSPS) is 11.9. The molecule has 74 valence electrons. The summed E-state index contributed by atoms with van der Waals surface area (Å²) < 4.78 is 1.16. The van der Waals surface area contributed by atoms with Crippen molar-refractivity contribution in [3.63, 3.8) is 0 Å². The molecule has 1 unspecified atom stereocenters. The lowest BCUT2D eigenvalue weighted by Gasteiger charge is -2.09. The molecule has 0 radical (unpaired) electrons. The summed E-state index contributed by atoms with van der Waals surface area (Å²) in [5.74, 6) is 0. The Bertz CT molecular complexity index is 252. The van der Waals surface area contributed by atoms with Crippen molar-refractivity contribution >= 4 is 28.3 Å². The molecule has 0 aliphatic rings. The second-order valence-electron chi connectivity index (χ2n) is 2.96. The van der Waals surface area contributed by atoms with Gasteiger partial charge < -0.3 is 5.73 Å². The third kappa shape index (κ3) is 4.12. The molecule has 13 heavy (non-hydrogen) atoms. The minimum absolute atomic E-state index is 0. The lowest BCUT2D eigenvalue weighted by molar-refractivity contribution is 0.645.